The fourth-order valence-corrected chi connectivity index (χ4v) is 2.98. The van der Waals surface area contributed by atoms with Gasteiger partial charge in [0.15, 0.2) is 6.10 Å². The summed E-state index contributed by atoms with van der Waals surface area (Å²) in [4.78, 5) is 24.2. The van der Waals surface area contributed by atoms with Gasteiger partial charge in [-0.15, -0.1) is 10.2 Å². The van der Waals surface area contributed by atoms with Gasteiger partial charge in [0.1, 0.15) is 5.01 Å². The maximum absolute atomic E-state index is 12.2. The van der Waals surface area contributed by atoms with Crippen molar-refractivity contribution in [3.63, 3.8) is 0 Å². The number of hydrogen-bond donors (Lipinski definition) is 1. The number of carbonyl (C=O) groups is 2. The average Bonchev–Trinajstić information content (AvgIpc) is 2.95. The Labute approximate surface area is 135 Å². The fraction of sp³-hybridized carbons (Fsp3) is 0.286. The Kier molecular flexibility index (Phi) is 4.08. The number of anilines is 1. The highest BCUT2D eigenvalue weighted by Crippen LogP contribution is 2.25. The number of benzene rings is 1. The molecule has 3 rings (SSSR count). The van der Waals surface area contributed by atoms with Crippen molar-refractivity contribution in [2.45, 2.75) is 25.9 Å². The molecule has 1 atom stereocenters. The summed E-state index contributed by atoms with van der Waals surface area (Å²) in [5.41, 5.74) is 1.15. The molecule has 0 bridgehead atoms. The minimum Gasteiger partial charge on any atom is -0.448 e. The van der Waals surface area contributed by atoms with E-state index in [0.29, 0.717) is 22.1 Å². The average molecular weight is 338 g/mol. The van der Waals surface area contributed by atoms with Crippen LogP contribution in [-0.2, 0) is 22.4 Å². The Hall–Kier alpha value is -1.99. The molecule has 0 saturated carbocycles. The molecule has 2 aromatic rings. The number of nitrogens with zero attached hydrogens (tertiary/aromatic N) is 2. The van der Waals surface area contributed by atoms with E-state index in [1.807, 2.05) is 6.92 Å². The standard InChI is InChI=1S/C14H12ClN3O3S/c1-2-11-17-18-14(22-11)16-12(19)10-5-7-3-4-8(15)6-9(7)13(20)21-10/h3-4,6,10H,2,5H2,1H3,(H,16,18,19). The summed E-state index contributed by atoms with van der Waals surface area (Å²) in [5, 5.41) is 12.1. The minimum absolute atomic E-state index is 0.309. The highest BCUT2D eigenvalue weighted by molar-refractivity contribution is 7.15. The van der Waals surface area contributed by atoms with E-state index < -0.39 is 18.0 Å². The predicted molar refractivity (Wildman–Crippen MR) is 82.3 cm³/mol. The van der Waals surface area contributed by atoms with Gasteiger partial charge in [-0.25, -0.2) is 4.79 Å². The molecule has 1 amide bonds. The van der Waals surface area contributed by atoms with Crippen LogP contribution in [0.3, 0.4) is 0 Å². The monoisotopic (exact) mass is 337 g/mol. The molecule has 2 heterocycles. The van der Waals surface area contributed by atoms with E-state index in [1.165, 1.54) is 11.3 Å². The number of rotatable bonds is 3. The van der Waals surface area contributed by atoms with Crippen molar-refractivity contribution in [2.24, 2.45) is 0 Å². The van der Waals surface area contributed by atoms with E-state index in [4.69, 9.17) is 16.3 Å². The highest BCUT2D eigenvalue weighted by atomic mass is 35.5. The summed E-state index contributed by atoms with van der Waals surface area (Å²) in [6, 6.07) is 4.97. The van der Waals surface area contributed by atoms with Crippen molar-refractivity contribution in [2.75, 3.05) is 5.32 Å². The Balaban J connectivity index is 1.74. The van der Waals surface area contributed by atoms with E-state index >= 15 is 0 Å². The number of halogens is 1. The van der Waals surface area contributed by atoms with Crippen LogP contribution in [0.15, 0.2) is 18.2 Å². The second-order valence-corrected chi connectivity index (χ2v) is 6.24. The lowest BCUT2D eigenvalue weighted by Gasteiger charge is -2.23. The van der Waals surface area contributed by atoms with Crippen LogP contribution in [-0.4, -0.2) is 28.2 Å². The summed E-state index contributed by atoms with van der Waals surface area (Å²) in [6.07, 6.45) is 0.180. The molecule has 8 heteroatoms. The van der Waals surface area contributed by atoms with Gasteiger partial charge in [0, 0.05) is 11.4 Å². The Morgan fingerprint density at radius 2 is 2.32 bits per heavy atom. The van der Waals surface area contributed by atoms with Crippen LogP contribution in [0.1, 0.15) is 27.9 Å². The number of cyclic esters (lactones) is 1. The Morgan fingerprint density at radius 3 is 3.05 bits per heavy atom. The predicted octanol–water partition coefficient (Wildman–Crippen LogP) is 2.47. The molecular formula is C14H12ClN3O3S. The maximum atomic E-state index is 12.2. The highest BCUT2D eigenvalue weighted by Gasteiger charge is 2.31. The molecule has 1 unspecified atom stereocenters. The first-order chi connectivity index (χ1) is 10.6. The smallest absolute Gasteiger partial charge is 0.339 e. The van der Waals surface area contributed by atoms with Crippen LogP contribution < -0.4 is 5.32 Å². The van der Waals surface area contributed by atoms with Crippen LogP contribution in [0.5, 0.6) is 0 Å². The summed E-state index contributed by atoms with van der Waals surface area (Å²) in [5.74, 6) is -0.955. The van der Waals surface area contributed by atoms with E-state index in [0.717, 1.165) is 17.0 Å². The zero-order chi connectivity index (χ0) is 15.7. The fourth-order valence-electron chi connectivity index (χ4n) is 2.13. The zero-order valence-electron chi connectivity index (χ0n) is 11.6. The van der Waals surface area contributed by atoms with Crippen LogP contribution in [0.25, 0.3) is 0 Å². The lowest BCUT2D eigenvalue weighted by Crippen LogP contribution is -2.38. The topological polar surface area (TPSA) is 81.2 Å². The molecule has 6 nitrogen and oxygen atoms in total. The molecule has 22 heavy (non-hydrogen) atoms. The molecule has 1 aromatic heterocycles. The molecule has 0 spiro atoms. The number of nitrogens with one attached hydrogen (secondary N) is 1. The van der Waals surface area contributed by atoms with Crippen molar-refractivity contribution in [1.82, 2.24) is 10.2 Å². The molecule has 1 aromatic carbocycles. The normalized spacial score (nSPS) is 16.8. The van der Waals surface area contributed by atoms with Gasteiger partial charge in [0.2, 0.25) is 5.13 Å². The summed E-state index contributed by atoms with van der Waals surface area (Å²) < 4.78 is 5.18. The molecule has 0 aliphatic carbocycles. The third-order valence-corrected chi connectivity index (χ3v) is 4.46. The molecule has 1 N–H and O–H groups in total. The van der Waals surface area contributed by atoms with Crippen molar-refractivity contribution in [3.05, 3.63) is 39.4 Å². The number of aryl methyl sites for hydroxylation is 1. The second kappa shape index (κ2) is 6.02. The number of ether oxygens (including phenoxy) is 1. The lowest BCUT2D eigenvalue weighted by atomic mass is 9.98. The van der Waals surface area contributed by atoms with Crippen molar-refractivity contribution in [1.29, 1.82) is 0 Å². The number of fused-ring (bicyclic) bond motifs is 1. The molecule has 0 fully saturated rings. The number of aromatic nitrogens is 2. The molecule has 0 saturated heterocycles. The van der Waals surface area contributed by atoms with Gasteiger partial charge in [0.05, 0.1) is 5.56 Å². The molecule has 114 valence electrons. The van der Waals surface area contributed by atoms with Crippen molar-refractivity contribution >= 4 is 39.9 Å². The second-order valence-electron chi connectivity index (χ2n) is 4.74. The molecule has 1 aliphatic heterocycles. The van der Waals surface area contributed by atoms with E-state index in [9.17, 15) is 9.59 Å². The van der Waals surface area contributed by atoms with Crippen LogP contribution in [0, 0.1) is 0 Å². The third-order valence-electron chi connectivity index (χ3n) is 3.24. The quantitative estimate of drug-likeness (QED) is 0.870. The van der Waals surface area contributed by atoms with Crippen LogP contribution in [0.4, 0.5) is 5.13 Å². The van der Waals surface area contributed by atoms with Crippen molar-refractivity contribution < 1.29 is 14.3 Å². The number of esters is 1. The van der Waals surface area contributed by atoms with E-state index in [-0.39, 0.29) is 0 Å². The summed E-state index contributed by atoms with van der Waals surface area (Å²) in [7, 11) is 0. The van der Waals surface area contributed by atoms with E-state index in [2.05, 4.69) is 15.5 Å². The number of hydrogen-bond acceptors (Lipinski definition) is 6. The first-order valence-corrected chi connectivity index (χ1v) is 7.89. The third kappa shape index (κ3) is 2.95. The van der Waals surface area contributed by atoms with Crippen LogP contribution >= 0.6 is 22.9 Å². The van der Waals surface area contributed by atoms with Gasteiger partial charge >= 0.3 is 5.97 Å². The van der Waals surface area contributed by atoms with Gasteiger partial charge < -0.3 is 4.74 Å². The molecule has 1 aliphatic rings. The Morgan fingerprint density at radius 1 is 1.50 bits per heavy atom. The van der Waals surface area contributed by atoms with Gasteiger partial charge in [-0.3, -0.25) is 10.1 Å². The first-order valence-electron chi connectivity index (χ1n) is 6.69. The van der Waals surface area contributed by atoms with Crippen molar-refractivity contribution in [3.8, 4) is 0 Å². The van der Waals surface area contributed by atoms with E-state index in [1.54, 1.807) is 18.2 Å². The Bertz CT molecular complexity index is 747. The SMILES string of the molecule is CCc1nnc(NC(=O)C2Cc3ccc(Cl)cc3C(=O)O2)s1. The summed E-state index contributed by atoms with van der Waals surface area (Å²) >= 11 is 7.16. The molecule has 0 radical (unpaired) electrons. The minimum atomic E-state index is -0.879. The number of amides is 1. The zero-order valence-corrected chi connectivity index (χ0v) is 13.2. The maximum Gasteiger partial charge on any atom is 0.339 e. The first kappa shape index (κ1) is 14.9. The molecular weight excluding hydrogens is 326 g/mol. The van der Waals surface area contributed by atoms with Gasteiger partial charge in [-0.2, -0.15) is 0 Å². The van der Waals surface area contributed by atoms with Gasteiger partial charge in [-0.05, 0) is 24.1 Å². The van der Waals surface area contributed by atoms with Crippen LogP contribution in [0.2, 0.25) is 5.02 Å². The van der Waals surface area contributed by atoms with Gasteiger partial charge in [0.25, 0.3) is 5.91 Å². The lowest BCUT2D eigenvalue weighted by molar-refractivity contribution is -0.125. The largest absolute Gasteiger partial charge is 0.448 e. The number of carbonyl (C=O) groups excluding carboxylic acids is 2. The summed E-state index contributed by atoms with van der Waals surface area (Å²) in [6.45, 7) is 1.96. The van der Waals surface area contributed by atoms with Gasteiger partial charge in [-0.1, -0.05) is 35.9 Å².